The van der Waals surface area contributed by atoms with E-state index in [4.69, 9.17) is 23.2 Å². The first-order valence-electron chi connectivity index (χ1n) is 12.2. The molecule has 0 saturated carbocycles. The Balaban J connectivity index is 1.49. The molecule has 0 saturated heterocycles. The van der Waals surface area contributed by atoms with E-state index < -0.39 is 27.3 Å². The van der Waals surface area contributed by atoms with Crippen molar-refractivity contribution in [3.8, 4) is 5.69 Å². The molecule has 0 atom stereocenters. The Kier molecular flexibility index (Phi) is 9.01. The molecule has 4 aromatic rings. The minimum Gasteiger partial charge on any atom is -0.381 e. The zero-order valence-corrected chi connectivity index (χ0v) is 24.2. The lowest BCUT2D eigenvalue weighted by molar-refractivity contribution is 0.256. The fourth-order valence-corrected chi connectivity index (χ4v) is 4.64. The Bertz CT molecular complexity index is 1890. The van der Waals surface area contributed by atoms with E-state index in [9.17, 15) is 22.8 Å². The van der Waals surface area contributed by atoms with Gasteiger partial charge in [-0.15, -0.1) is 0 Å². The zero-order chi connectivity index (χ0) is 29.7. The SMILES string of the molecule is C/C(Cl)=C\C=C(/C)S(=O)(=O)NC(=O)Nc1ccc(-n2c(=O)[nH]c3cc(NCc4ccc(Cl)cc4)ccc3c2=O)cc1. The van der Waals surface area contributed by atoms with Crippen molar-refractivity contribution in [1.82, 2.24) is 14.3 Å². The Labute approximate surface area is 245 Å². The van der Waals surface area contributed by atoms with Gasteiger partial charge in [-0.2, -0.15) is 0 Å². The minimum absolute atomic E-state index is 0.109. The van der Waals surface area contributed by atoms with Gasteiger partial charge in [0.1, 0.15) is 0 Å². The first-order chi connectivity index (χ1) is 19.4. The van der Waals surface area contributed by atoms with Crippen LogP contribution in [0.4, 0.5) is 16.2 Å². The molecule has 2 amide bonds. The maximum Gasteiger partial charge on any atom is 0.333 e. The van der Waals surface area contributed by atoms with Gasteiger partial charge in [-0.1, -0.05) is 35.3 Å². The highest BCUT2D eigenvalue weighted by atomic mass is 35.5. The summed E-state index contributed by atoms with van der Waals surface area (Å²) in [5.74, 6) is 0. The minimum atomic E-state index is -4.09. The third-order valence-corrected chi connectivity index (χ3v) is 7.71. The van der Waals surface area contributed by atoms with Gasteiger partial charge in [0.2, 0.25) is 0 Å². The summed E-state index contributed by atoms with van der Waals surface area (Å²) in [6.07, 6.45) is 2.66. The molecule has 0 aliphatic heterocycles. The molecule has 0 spiro atoms. The fraction of sp³-hybridized carbons (Fsp3) is 0.107. The molecule has 0 bridgehead atoms. The number of H-pyrrole nitrogens is 1. The highest BCUT2D eigenvalue weighted by molar-refractivity contribution is 7.93. The number of hydrogen-bond donors (Lipinski definition) is 4. The molecule has 3 aromatic carbocycles. The molecule has 1 heterocycles. The molecular formula is C28H25Cl2N5O5S. The number of nitrogens with zero attached hydrogens (tertiary/aromatic N) is 1. The summed E-state index contributed by atoms with van der Waals surface area (Å²) in [7, 11) is -4.09. The third-order valence-electron chi connectivity index (χ3n) is 5.89. The maximum absolute atomic E-state index is 13.2. The largest absolute Gasteiger partial charge is 0.381 e. The molecular weight excluding hydrogens is 589 g/mol. The Hall–Kier alpha value is -4.32. The number of benzene rings is 3. The maximum atomic E-state index is 13.2. The van der Waals surface area contributed by atoms with E-state index in [-0.39, 0.29) is 16.3 Å². The molecule has 10 nitrogen and oxygen atoms in total. The van der Waals surface area contributed by atoms with Crippen LogP contribution in [0.15, 0.2) is 98.4 Å². The molecule has 0 fully saturated rings. The number of aromatic amines is 1. The molecule has 0 radical (unpaired) electrons. The van der Waals surface area contributed by atoms with E-state index in [0.29, 0.717) is 33.2 Å². The summed E-state index contributed by atoms with van der Waals surface area (Å²) < 4.78 is 27.5. The summed E-state index contributed by atoms with van der Waals surface area (Å²) in [6.45, 7) is 3.43. The van der Waals surface area contributed by atoms with Crippen molar-refractivity contribution in [2.75, 3.05) is 10.6 Å². The summed E-state index contributed by atoms with van der Waals surface area (Å²) in [4.78, 5) is 40.9. The smallest absolute Gasteiger partial charge is 0.333 e. The van der Waals surface area contributed by atoms with Gasteiger partial charge in [0.15, 0.2) is 0 Å². The van der Waals surface area contributed by atoms with Crippen LogP contribution >= 0.6 is 23.2 Å². The number of amides is 2. The van der Waals surface area contributed by atoms with Gasteiger partial charge in [-0.05, 0) is 86.2 Å². The van der Waals surface area contributed by atoms with Crippen LogP contribution in [-0.4, -0.2) is 24.0 Å². The molecule has 212 valence electrons. The molecule has 13 heteroatoms. The van der Waals surface area contributed by atoms with Crippen molar-refractivity contribution in [2.45, 2.75) is 20.4 Å². The predicted octanol–water partition coefficient (Wildman–Crippen LogP) is 5.44. The van der Waals surface area contributed by atoms with Crippen molar-refractivity contribution in [1.29, 1.82) is 0 Å². The van der Waals surface area contributed by atoms with Crippen molar-refractivity contribution in [2.24, 2.45) is 0 Å². The van der Waals surface area contributed by atoms with E-state index >= 15 is 0 Å². The second-order valence-corrected chi connectivity index (χ2v) is 11.8. The number of sulfonamides is 1. The van der Waals surface area contributed by atoms with Gasteiger partial charge in [0, 0.05) is 28.0 Å². The number of fused-ring (bicyclic) bond motifs is 1. The van der Waals surface area contributed by atoms with E-state index in [1.807, 2.05) is 16.9 Å². The van der Waals surface area contributed by atoms with E-state index in [0.717, 1.165) is 10.1 Å². The number of aromatic nitrogens is 2. The number of hydrogen-bond acceptors (Lipinski definition) is 6. The van der Waals surface area contributed by atoms with Gasteiger partial charge in [-0.25, -0.2) is 27.3 Å². The van der Waals surface area contributed by atoms with Gasteiger partial charge >= 0.3 is 11.7 Å². The van der Waals surface area contributed by atoms with Crippen molar-refractivity contribution in [3.63, 3.8) is 0 Å². The summed E-state index contributed by atoms with van der Waals surface area (Å²) in [5, 5.41) is 6.97. The quantitative estimate of drug-likeness (QED) is 0.195. The average molecular weight is 615 g/mol. The molecule has 4 rings (SSSR count). The van der Waals surface area contributed by atoms with Gasteiger partial charge in [0.05, 0.1) is 21.5 Å². The lowest BCUT2D eigenvalue weighted by Crippen LogP contribution is -2.35. The van der Waals surface area contributed by atoms with Gasteiger partial charge in [-0.3, -0.25) is 4.79 Å². The van der Waals surface area contributed by atoms with Crippen LogP contribution in [0, 0.1) is 0 Å². The summed E-state index contributed by atoms with van der Waals surface area (Å²) in [6, 6.07) is 17.2. The number of carbonyl (C=O) groups excluding carboxylic acids is 1. The molecule has 41 heavy (non-hydrogen) atoms. The normalized spacial score (nSPS) is 12.3. The summed E-state index contributed by atoms with van der Waals surface area (Å²) in [5.41, 5.74) is 1.41. The Morgan fingerprint density at radius 2 is 1.61 bits per heavy atom. The van der Waals surface area contributed by atoms with E-state index in [2.05, 4.69) is 15.6 Å². The van der Waals surface area contributed by atoms with E-state index in [1.165, 1.54) is 43.3 Å². The van der Waals surface area contributed by atoms with Gasteiger partial charge in [0.25, 0.3) is 15.6 Å². The van der Waals surface area contributed by atoms with Crippen LogP contribution < -0.4 is 26.6 Å². The Morgan fingerprint density at radius 1 is 0.951 bits per heavy atom. The monoisotopic (exact) mass is 613 g/mol. The van der Waals surface area contributed by atoms with Crippen LogP contribution in [0.1, 0.15) is 19.4 Å². The molecule has 0 aliphatic carbocycles. The van der Waals surface area contributed by atoms with Crippen molar-refractivity contribution >= 4 is 61.5 Å². The van der Waals surface area contributed by atoms with Crippen molar-refractivity contribution < 1.29 is 13.2 Å². The number of carbonyl (C=O) groups is 1. The number of urea groups is 1. The first kappa shape index (κ1) is 29.7. The molecule has 0 aliphatic rings. The topological polar surface area (TPSA) is 142 Å². The first-order valence-corrected chi connectivity index (χ1v) is 14.4. The zero-order valence-electron chi connectivity index (χ0n) is 21.9. The molecule has 1 aromatic heterocycles. The highest BCUT2D eigenvalue weighted by Gasteiger charge is 2.17. The van der Waals surface area contributed by atoms with Crippen LogP contribution in [0.25, 0.3) is 16.6 Å². The van der Waals surface area contributed by atoms with Crippen LogP contribution in [0.3, 0.4) is 0 Å². The lowest BCUT2D eigenvalue weighted by atomic mass is 10.2. The van der Waals surface area contributed by atoms with Crippen LogP contribution in [0.5, 0.6) is 0 Å². The summed E-state index contributed by atoms with van der Waals surface area (Å²) >= 11 is 11.6. The van der Waals surface area contributed by atoms with Gasteiger partial charge < -0.3 is 15.6 Å². The Morgan fingerprint density at radius 3 is 2.27 bits per heavy atom. The number of halogens is 2. The predicted molar refractivity (Wildman–Crippen MR) is 163 cm³/mol. The molecule has 0 unspecified atom stereocenters. The molecule has 4 N–H and O–H groups in total. The van der Waals surface area contributed by atoms with Crippen LogP contribution in [-0.2, 0) is 16.6 Å². The number of rotatable bonds is 8. The lowest BCUT2D eigenvalue weighted by Gasteiger charge is -2.11. The van der Waals surface area contributed by atoms with Crippen molar-refractivity contribution in [3.05, 3.63) is 120 Å². The van der Waals surface area contributed by atoms with E-state index in [1.54, 1.807) is 37.3 Å². The average Bonchev–Trinajstić information content (AvgIpc) is 2.91. The number of nitrogens with one attached hydrogen (secondary N) is 4. The second-order valence-electron chi connectivity index (χ2n) is 8.95. The second kappa shape index (κ2) is 12.5. The number of allylic oxidation sites excluding steroid dienone is 4. The highest BCUT2D eigenvalue weighted by Crippen LogP contribution is 2.17. The standard InChI is InChI=1S/C28H25Cl2N5O5S/c1-17(29)3-4-18(2)41(39,40)34-27(37)32-21-9-12-23(13-10-21)35-26(36)24-14-11-22(15-25(24)33-28(35)38)31-16-19-5-7-20(30)8-6-19/h3-15,31H,16H2,1-2H3,(H,33,38)(H2,32,34,37)/b17-3+,18-4+. The third kappa shape index (κ3) is 7.46. The fourth-order valence-electron chi connectivity index (χ4n) is 3.74. The van der Waals surface area contributed by atoms with Crippen LogP contribution in [0.2, 0.25) is 5.02 Å². The number of anilines is 2.